The minimum absolute atomic E-state index is 0.260. The van der Waals surface area contributed by atoms with Gasteiger partial charge in [0.25, 0.3) is 0 Å². The highest BCUT2D eigenvalue weighted by atomic mass is 16.1. The summed E-state index contributed by atoms with van der Waals surface area (Å²) < 4.78 is 0. The second-order valence-electron chi connectivity index (χ2n) is 1.79. The molecule has 0 aromatic heterocycles. The molecule has 1 rings (SSSR count). The molecule has 1 aromatic carbocycles. The van der Waals surface area contributed by atoms with Gasteiger partial charge in [-0.3, -0.25) is 0 Å². The van der Waals surface area contributed by atoms with Gasteiger partial charge in [-0.2, -0.15) is 4.99 Å². The highest BCUT2D eigenvalue weighted by Gasteiger charge is 2.09. The maximum absolute atomic E-state index is 9.83. The first kappa shape index (κ1) is 7.13. The van der Waals surface area contributed by atoms with Crippen molar-refractivity contribution in [1.82, 2.24) is 0 Å². The number of benzene rings is 1. The van der Waals surface area contributed by atoms with Crippen LogP contribution in [0.5, 0.6) is 0 Å². The van der Waals surface area contributed by atoms with Crippen molar-refractivity contribution in [3.8, 4) is 0 Å². The van der Waals surface area contributed by atoms with E-state index in [4.69, 9.17) is 5.39 Å². The van der Waals surface area contributed by atoms with Crippen molar-refractivity contribution in [2.45, 2.75) is 0 Å². The minimum Gasteiger partial charge on any atom is -0.211 e. The van der Waals surface area contributed by atoms with Gasteiger partial charge in [-0.25, -0.2) is 4.79 Å². The average Bonchev–Trinajstić information content (AvgIpc) is 2.06. The third-order valence-electron chi connectivity index (χ3n) is 1.16. The number of hydrogen-bond donors (Lipinski definition) is 0. The molecule has 0 amide bonds. The van der Waals surface area contributed by atoms with E-state index in [0.717, 1.165) is 0 Å². The van der Waals surface area contributed by atoms with E-state index >= 15 is 0 Å². The summed E-state index contributed by atoms with van der Waals surface area (Å²) in [5, 5.41) is 8.38. The van der Waals surface area contributed by atoms with E-state index in [1.807, 2.05) is 0 Å². The summed E-state index contributed by atoms with van der Waals surface area (Å²) in [5.41, 5.74) is 0.570. The number of diazo groups is 1. The molecule has 0 aliphatic rings. The minimum atomic E-state index is 0.260. The molecule has 0 aliphatic heterocycles. The van der Waals surface area contributed by atoms with Crippen molar-refractivity contribution in [2.24, 2.45) is 4.99 Å². The second-order valence-corrected chi connectivity index (χ2v) is 1.79. The van der Waals surface area contributed by atoms with Crippen LogP contribution in [-0.2, 0) is 4.79 Å². The summed E-state index contributed by atoms with van der Waals surface area (Å²) in [7, 11) is 0. The van der Waals surface area contributed by atoms with Crippen LogP contribution in [0.15, 0.2) is 29.3 Å². The maximum atomic E-state index is 9.83. The molecule has 0 aliphatic carbocycles. The predicted octanol–water partition coefficient (Wildman–Crippen LogP) is 2.14. The lowest BCUT2D eigenvalue weighted by atomic mass is 10.3. The Hall–Kier alpha value is -1.98. The van der Waals surface area contributed by atoms with E-state index < -0.39 is 0 Å². The monoisotopic (exact) mass is 146 g/mol. The van der Waals surface area contributed by atoms with Gasteiger partial charge in [0.2, 0.25) is 11.5 Å². The zero-order chi connectivity index (χ0) is 8.10. The number of isocyanates is 1. The molecule has 0 heterocycles. The molecular formula is C7H4N3O+. The summed E-state index contributed by atoms with van der Waals surface area (Å²) in [5.74, 6) is 0. The van der Waals surface area contributed by atoms with Gasteiger partial charge in [0, 0.05) is 6.07 Å². The Morgan fingerprint density at radius 2 is 2.18 bits per heavy atom. The normalized spacial score (nSPS) is 7.91. The van der Waals surface area contributed by atoms with Crippen LogP contribution in [-0.4, -0.2) is 6.08 Å². The number of rotatable bonds is 1. The Labute approximate surface area is 62.8 Å². The van der Waals surface area contributed by atoms with E-state index in [1.54, 1.807) is 18.2 Å². The Bertz CT molecular complexity index is 347. The first-order valence-electron chi connectivity index (χ1n) is 2.90. The first-order valence-corrected chi connectivity index (χ1v) is 2.90. The van der Waals surface area contributed by atoms with Crippen LogP contribution < -0.4 is 0 Å². The SMILES string of the molecule is N#[N+]c1ccccc1N=C=O. The van der Waals surface area contributed by atoms with Gasteiger partial charge in [0.15, 0.2) is 10.7 Å². The van der Waals surface area contributed by atoms with Gasteiger partial charge >= 0.3 is 5.69 Å². The summed E-state index contributed by atoms with van der Waals surface area (Å²) >= 11 is 0. The van der Waals surface area contributed by atoms with Crippen LogP contribution >= 0.6 is 0 Å². The molecule has 11 heavy (non-hydrogen) atoms. The van der Waals surface area contributed by atoms with Crippen LogP contribution in [0.4, 0.5) is 11.4 Å². The molecule has 0 saturated heterocycles. The highest BCUT2D eigenvalue weighted by molar-refractivity contribution is 5.68. The third-order valence-corrected chi connectivity index (χ3v) is 1.16. The summed E-state index contributed by atoms with van der Waals surface area (Å²) in [6.07, 6.45) is 1.36. The standard InChI is InChI=1S/C7H4N3O/c8-10-7-4-2-1-3-6(7)9-5-11/h1-4H/q+1. The van der Waals surface area contributed by atoms with E-state index in [1.165, 1.54) is 12.1 Å². The lowest BCUT2D eigenvalue weighted by Gasteiger charge is -1.80. The van der Waals surface area contributed by atoms with E-state index in [-0.39, 0.29) is 5.69 Å². The van der Waals surface area contributed by atoms with Gasteiger partial charge < -0.3 is 0 Å². The number of carbonyl (C=O) groups excluding carboxylic acids is 1. The first-order chi connectivity index (χ1) is 5.38. The Balaban J connectivity index is 3.25. The largest absolute Gasteiger partial charge is 0.411 e. The van der Waals surface area contributed by atoms with Crippen molar-refractivity contribution in [3.05, 3.63) is 29.2 Å². The number of aliphatic imine (C=N–C) groups is 1. The van der Waals surface area contributed by atoms with Crippen LogP contribution in [0.3, 0.4) is 0 Å². The van der Waals surface area contributed by atoms with Gasteiger partial charge in [-0.05, 0) is 6.07 Å². The molecule has 0 N–H and O–H groups in total. The third kappa shape index (κ3) is 1.48. The van der Waals surface area contributed by atoms with Crippen molar-refractivity contribution in [1.29, 1.82) is 5.39 Å². The van der Waals surface area contributed by atoms with E-state index in [0.29, 0.717) is 5.69 Å². The molecule has 0 unspecified atom stereocenters. The van der Waals surface area contributed by atoms with E-state index in [2.05, 4.69) is 9.97 Å². The Morgan fingerprint density at radius 1 is 1.45 bits per heavy atom. The molecular weight excluding hydrogens is 142 g/mol. The molecule has 0 saturated carbocycles. The Kier molecular flexibility index (Phi) is 2.11. The molecule has 0 fully saturated rings. The predicted molar refractivity (Wildman–Crippen MR) is 39.0 cm³/mol. The molecule has 4 heteroatoms. The van der Waals surface area contributed by atoms with Gasteiger partial charge in [-0.1, -0.05) is 12.1 Å². The quantitative estimate of drug-likeness (QED) is 0.346. The van der Waals surface area contributed by atoms with Crippen molar-refractivity contribution in [3.63, 3.8) is 0 Å². The van der Waals surface area contributed by atoms with Crippen molar-refractivity contribution in [2.75, 3.05) is 0 Å². The number of hydrogen-bond acceptors (Lipinski definition) is 3. The number of para-hydroxylation sites is 1. The fourth-order valence-corrected chi connectivity index (χ4v) is 0.692. The molecule has 4 nitrogen and oxygen atoms in total. The zero-order valence-electron chi connectivity index (χ0n) is 5.56. The van der Waals surface area contributed by atoms with E-state index in [9.17, 15) is 4.79 Å². The average molecular weight is 146 g/mol. The topological polar surface area (TPSA) is 57.6 Å². The van der Waals surface area contributed by atoms with Gasteiger partial charge in [-0.15, -0.1) is 0 Å². The smallest absolute Gasteiger partial charge is 0.211 e. The van der Waals surface area contributed by atoms with Gasteiger partial charge in [0.1, 0.15) is 0 Å². The molecule has 0 bridgehead atoms. The highest BCUT2D eigenvalue weighted by Crippen LogP contribution is 2.25. The maximum Gasteiger partial charge on any atom is 0.411 e. The lowest BCUT2D eigenvalue weighted by Crippen LogP contribution is -1.63. The van der Waals surface area contributed by atoms with Crippen LogP contribution in [0, 0.1) is 5.39 Å². The lowest BCUT2D eigenvalue weighted by molar-refractivity contribution is 0.565. The summed E-state index contributed by atoms with van der Waals surface area (Å²) in [6.45, 7) is 0. The van der Waals surface area contributed by atoms with Gasteiger partial charge in [0.05, 0.1) is 0 Å². The summed E-state index contributed by atoms with van der Waals surface area (Å²) in [6, 6.07) is 6.46. The van der Waals surface area contributed by atoms with Crippen LogP contribution in [0.25, 0.3) is 4.98 Å². The van der Waals surface area contributed by atoms with Crippen molar-refractivity contribution < 1.29 is 4.79 Å². The zero-order valence-corrected chi connectivity index (χ0v) is 5.56. The second kappa shape index (κ2) is 3.25. The molecule has 52 valence electrons. The molecule has 1 aromatic rings. The van der Waals surface area contributed by atoms with Crippen LogP contribution in [0.2, 0.25) is 0 Å². The fourth-order valence-electron chi connectivity index (χ4n) is 0.692. The molecule has 0 radical (unpaired) electrons. The fraction of sp³-hybridized carbons (Fsp3) is 0. The molecule has 0 spiro atoms. The molecule has 0 atom stereocenters. The van der Waals surface area contributed by atoms with Crippen LogP contribution in [0.1, 0.15) is 0 Å². The van der Waals surface area contributed by atoms with Crippen molar-refractivity contribution >= 4 is 17.5 Å². The number of nitrogens with zero attached hydrogens (tertiary/aromatic N) is 3. The Morgan fingerprint density at radius 3 is 2.82 bits per heavy atom. The summed E-state index contributed by atoms with van der Waals surface area (Å²) in [4.78, 5) is 16.1.